The van der Waals surface area contributed by atoms with Crippen LogP contribution < -0.4 is 5.73 Å². The fourth-order valence-electron chi connectivity index (χ4n) is 3.24. The zero-order valence-electron chi connectivity index (χ0n) is 16.2. The first-order chi connectivity index (χ1) is 13.9. The van der Waals surface area contributed by atoms with Crippen LogP contribution in [0.5, 0.6) is 0 Å². The summed E-state index contributed by atoms with van der Waals surface area (Å²) in [5, 5.41) is 1.73. The molecule has 152 valence electrons. The number of aromatic nitrogens is 3. The minimum atomic E-state index is -3.81. The molecule has 2 N–H and O–H groups in total. The number of anilines is 1. The lowest BCUT2D eigenvalue weighted by Crippen LogP contribution is -2.10. The average Bonchev–Trinajstić information content (AvgIpc) is 3.31. The summed E-state index contributed by atoms with van der Waals surface area (Å²) >= 11 is 1.16. The number of nitrogens with two attached hydrogens (primary N) is 1. The third kappa shape index (κ3) is 3.61. The number of fused-ring (bicyclic) bond motifs is 2. The van der Waals surface area contributed by atoms with Crippen molar-refractivity contribution in [2.75, 3.05) is 12.3 Å². The highest BCUT2D eigenvalue weighted by atomic mass is 32.2. The van der Waals surface area contributed by atoms with Crippen LogP contribution in [0.25, 0.3) is 22.2 Å². The van der Waals surface area contributed by atoms with E-state index < -0.39 is 9.84 Å². The molecule has 0 bridgehead atoms. The van der Waals surface area contributed by atoms with Gasteiger partial charge in [0, 0.05) is 13.2 Å². The zero-order valence-corrected chi connectivity index (χ0v) is 17.8. The number of aryl methyl sites for hydroxylation is 1. The predicted octanol–water partition coefficient (Wildman–Crippen LogP) is 3.88. The molecule has 7 nitrogen and oxygen atoms in total. The van der Waals surface area contributed by atoms with Gasteiger partial charge in [-0.3, -0.25) is 0 Å². The van der Waals surface area contributed by atoms with Gasteiger partial charge < -0.3 is 15.0 Å². The third-order valence-corrected chi connectivity index (χ3v) is 7.77. The van der Waals surface area contributed by atoms with Crippen LogP contribution in [-0.4, -0.2) is 35.7 Å². The van der Waals surface area contributed by atoms with Crippen molar-refractivity contribution in [2.24, 2.45) is 0 Å². The van der Waals surface area contributed by atoms with Crippen molar-refractivity contribution >= 4 is 49.2 Å². The van der Waals surface area contributed by atoms with Gasteiger partial charge in [-0.15, -0.1) is 11.3 Å². The molecule has 0 radical (unpaired) electrons. The molecule has 0 unspecified atom stereocenters. The molecule has 0 aliphatic heterocycles. The number of ether oxygens (including phenoxy) is 1. The Balaban J connectivity index is 1.90. The van der Waals surface area contributed by atoms with Crippen LogP contribution in [0.1, 0.15) is 20.3 Å². The topological polar surface area (TPSA) is 100 Å². The van der Waals surface area contributed by atoms with Gasteiger partial charge in [0.05, 0.1) is 17.1 Å². The van der Waals surface area contributed by atoms with Gasteiger partial charge in [-0.2, -0.15) is 0 Å². The molecule has 3 aromatic heterocycles. The van der Waals surface area contributed by atoms with Crippen molar-refractivity contribution in [1.29, 1.82) is 0 Å². The first-order valence-corrected chi connectivity index (χ1v) is 11.7. The summed E-state index contributed by atoms with van der Waals surface area (Å²) in [5.74, 6) is 0.160. The van der Waals surface area contributed by atoms with Gasteiger partial charge >= 0.3 is 0 Å². The minimum Gasteiger partial charge on any atom is -0.384 e. The molecule has 3 heterocycles. The van der Waals surface area contributed by atoms with Crippen LogP contribution in [-0.2, 0) is 21.1 Å². The predicted molar refractivity (Wildman–Crippen MR) is 115 cm³/mol. The van der Waals surface area contributed by atoms with E-state index in [2.05, 4.69) is 9.97 Å². The van der Waals surface area contributed by atoms with Crippen LogP contribution in [0.3, 0.4) is 0 Å². The molecule has 1 aromatic carbocycles. The van der Waals surface area contributed by atoms with Crippen LogP contribution >= 0.6 is 11.3 Å². The lowest BCUT2D eigenvalue weighted by atomic mass is 10.3. The molecule has 9 heteroatoms. The highest BCUT2D eigenvalue weighted by molar-refractivity contribution is 7.93. The Labute approximate surface area is 173 Å². The Morgan fingerprint density at radius 1 is 1.14 bits per heavy atom. The largest absolute Gasteiger partial charge is 0.384 e. The minimum absolute atomic E-state index is 0.0259. The number of nitrogen functional groups attached to an aromatic ring is 1. The smallest absolute Gasteiger partial charge is 0.221 e. The van der Waals surface area contributed by atoms with E-state index in [9.17, 15) is 8.42 Å². The Bertz CT molecular complexity index is 1260. The quantitative estimate of drug-likeness (QED) is 0.447. The number of para-hydroxylation sites is 2. The van der Waals surface area contributed by atoms with Crippen molar-refractivity contribution in [3.05, 3.63) is 41.8 Å². The first kappa shape index (κ1) is 19.8. The maximum atomic E-state index is 13.3. The molecule has 0 fully saturated rings. The fourth-order valence-corrected chi connectivity index (χ4v) is 5.85. The first-order valence-electron chi connectivity index (χ1n) is 9.34. The van der Waals surface area contributed by atoms with Crippen LogP contribution in [0.4, 0.5) is 5.82 Å². The molecule has 0 aliphatic rings. The summed E-state index contributed by atoms with van der Waals surface area (Å²) in [6, 6.07) is 10.7. The summed E-state index contributed by atoms with van der Waals surface area (Å²) in [6.45, 7) is 4.98. The van der Waals surface area contributed by atoms with E-state index in [1.54, 1.807) is 22.1 Å². The van der Waals surface area contributed by atoms with Crippen LogP contribution in [0.15, 0.2) is 50.9 Å². The number of thiophene rings is 1. The number of nitrogens with zero attached hydrogens (tertiary/aromatic N) is 3. The Hall–Kier alpha value is -2.49. The molecule has 0 saturated carbocycles. The van der Waals surface area contributed by atoms with Gasteiger partial charge in [0.2, 0.25) is 9.84 Å². The van der Waals surface area contributed by atoms with E-state index >= 15 is 0 Å². The van der Waals surface area contributed by atoms with Crippen LogP contribution in [0.2, 0.25) is 0 Å². The number of benzene rings is 1. The lowest BCUT2D eigenvalue weighted by Gasteiger charge is -2.10. The molecule has 0 atom stereocenters. The summed E-state index contributed by atoms with van der Waals surface area (Å²) < 4.78 is 34.2. The maximum Gasteiger partial charge on any atom is 0.221 e. The fraction of sp³-hybridized carbons (Fsp3) is 0.300. The van der Waals surface area contributed by atoms with E-state index in [0.717, 1.165) is 11.3 Å². The second kappa shape index (κ2) is 7.74. The number of hydrogen-bond donors (Lipinski definition) is 1. The van der Waals surface area contributed by atoms with Gasteiger partial charge in [0.1, 0.15) is 20.4 Å². The number of hydrogen-bond acceptors (Lipinski definition) is 7. The van der Waals surface area contributed by atoms with Gasteiger partial charge in [-0.05, 0) is 43.8 Å². The molecule has 4 aromatic rings. The Kier molecular flexibility index (Phi) is 5.28. The summed E-state index contributed by atoms with van der Waals surface area (Å²) in [5.41, 5.74) is 8.48. The number of sulfone groups is 1. The average molecular weight is 431 g/mol. The maximum absolute atomic E-state index is 13.3. The second-order valence-corrected chi connectivity index (χ2v) is 10.0. The van der Waals surface area contributed by atoms with Crippen molar-refractivity contribution in [1.82, 2.24) is 14.5 Å². The van der Waals surface area contributed by atoms with E-state index in [1.165, 1.54) is 0 Å². The zero-order chi connectivity index (χ0) is 20.6. The third-order valence-electron chi connectivity index (χ3n) is 4.55. The van der Waals surface area contributed by atoms with Crippen LogP contribution in [0, 0.1) is 0 Å². The van der Waals surface area contributed by atoms with Crippen molar-refractivity contribution in [2.45, 2.75) is 42.0 Å². The van der Waals surface area contributed by atoms with Gasteiger partial charge in [-0.25, -0.2) is 18.4 Å². The van der Waals surface area contributed by atoms with E-state index in [1.807, 2.05) is 38.1 Å². The number of rotatable bonds is 7. The van der Waals surface area contributed by atoms with E-state index in [0.29, 0.717) is 41.8 Å². The monoisotopic (exact) mass is 430 g/mol. The van der Waals surface area contributed by atoms with Crippen molar-refractivity contribution < 1.29 is 13.2 Å². The summed E-state index contributed by atoms with van der Waals surface area (Å²) in [7, 11) is -3.81. The molecule has 0 aliphatic carbocycles. The van der Waals surface area contributed by atoms with E-state index in [-0.39, 0.29) is 21.0 Å². The molecule has 0 saturated heterocycles. The summed E-state index contributed by atoms with van der Waals surface area (Å²) in [6.07, 6.45) is 0.811. The van der Waals surface area contributed by atoms with Crippen molar-refractivity contribution in [3.8, 4) is 0 Å². The normalized spacial score (nSPS) is 12.4. The molecular weight excluding hydrogens is 408 g/mol. The van der Waals surface area contributed by atoms with Gasteiger partial charge in [0.25, 0.3) is 0 Å². The molecule has 0 spiro atoms. The van der Waals surface area contributed by atoms with E-state index in [4.69, 9.17) is 10.5 Å². The highest BCUT2D eigenvalue weighted by Gasteiger charge is 2.30. The standard InChI is InChI=1S/C20H22N4O3S2/c1-13(2)27-11-6-10-24-19(21)18(29(25,26)16-9-5-12-28-16)17-20(24)23-15-8-4-3-7-14(15)22-17/h3-5,7-9,12-13H,6,10-11,21H2,1-2H3. The SMILES string of the molecule is CC(C)OCCCn1c(N)c(S(=O)(=O)c2cccs2)c2nc3ccccc3nc21. The van der Waals surface area contributed by atoms with Crippen molar-refractivity contribution in [3.63, 3.8) is 0 Å². The Morgan fingerprint density at radius 2 is 1.86 bits per heavy atom. The highest BCUT2D eigenvalue weighted by Crippen LogP contribution is 2.36. The molecule has 0 amide bonds. The summed E-state index contributed by atoms with van der Waals surface area (Å²) in [4.78, 5) is 9.33. The van der Waals surface area contributed by atoms with Gasteiger partial charge in [0.15, 0.2) is 5.65 Å². The molecule has 4 rings (SSSR count). The molecule has 29 heavy (non-hydrogen) atoms. The molecular formula is C20H22N4O3S2. The van der Waals surface area contributed by atoms with Gasteiger partial charge in [-0.1, -0.05) is 18.2 Å². The second-order valence-electron chi connectivity index (χ2n) is 6.96. The Morgan fingerprint density at radius 3 is 2.52 bits per heavy atom. The lowest BCUT2D eigenvalue weighted by molar-refractivity contribution is 0.0751.